The van der Waals surface area contributed by atoms with Gasteiger partial charge in [-0.1, -0.05) is 43.7 Å². The van der Waals surface area contributed by atoms with E-state index in [1.807, 2.05) is 37.3 Å². The van der Waals surface area contributed by atoms with Crippen molar-refractivity contribution in [1.29, 1.82) is 0 Å². The van der Waals surface area contributed by atoms with Crippen LogP contribution >= 0.6 is 0 Å². The molecule has 2 saturated heterocycles. The van der Waals surface area contributed by atoms with Gasteiger partial charge in [-0.05, 0) is 31.2 Å². The Morgan fingerprint density at radius 1 is 1.12 bits per heavy atom. The first-order valence-corrected chi connectivity index (χ1v) is 9.06. The maximum atomic E-state index is 13.1. The second-order valence-electron chi connectivity index (χ2n) is 6.78. The molecule has 1 aromatic rings. The van der Waals surface area contributed by atoms with E-state index in [-0.39, 0.29) is 18.4 Å². The maximum absolute atomic E-state index is 13.1. The molecule has 6 heteroatoms. The molecule has 134 valence electrons. The maximum Gasteiger partial charge on any atom is 0.325 e. The lowest BCUT2D eigenvalue weighted by atomic mass is 9.85. The highest BCUT2D eigenvalue weighted by Crippen LogP contribution is 2.33. The van der Waals surface area contributed by atoms with Crippen LogP contribution in [0, 0.1) is 0 Å². The first-order chi connectivity index (χ1) is 12.1. The minimum absolute atomic E-state index is 0.149. The number of imide groups is 1. The van der Waals surface area contributed by atoms with E-state index in [4.69, 9.17) is 0 Å². The molecule has 0 bridgehead atoms. The Balaban J connectivity index is 1.81. The molecule has 1 atom stereocenters. The molecule has 25 heavy (non-hydrogen) atoms. The van der Waals surface area contributed by atoms with Gasteiger partial charge in [0.1, 0.15) is 12.1 Å². The van der Waals surface area contributed by atoms with Crippen molar-refractivity contribution in [3.8, 4) is 0 Å². The highest BCUT2D eigenvalue weighted by atomic mass is 16.2. The van der Waals surface area contributed by atoms with E-state index in [0.29, 0.717) is 19.5 Å². The summed E-state index contributed by atoms with van der Waals surface area (Å²) in [5.41, 5.74) is -0.293. The van der Waals surface area contributed by atoms with Crippen LogP contribution in [0.25, 0.3) is 0 Å². The zero-order valence-electron chi connectivity index (χ0n) is 14.7. The van der Waals surface area contributed by atoms with E-state index in [2.05, 4.69) is 5.32 Å². The van der Waals surface area contributed by atoms with Crippen LogP contribution in [0.5, 0.6) is 0 Å². The third-order valence-corrected chi connectivity index (χ3v) is 5.07. The molecule has 2 heterocycles. The Labute approximate surface area is 148 Å². The van der Waals surface area contributed by atoms with Gasteiger partial charge in [-0.15, -0.1) is 0 Å². The lowest BCUT2D eigenvalue weighted by molar-refractivity contribution is -0.139. The van der Waals surface area contributed by atoms with Crippen molar-refractivity contribution in [2.45, 2.75) is 44.6 Å². The molecule has 6 nitrogen and oxygen atoms in total. The molecule has 2 aliphatic rings. The van der Waals surface area contributed by atoms with Gasteiger partial charge in [0, 0.05) is 13.1 Å². The number of piperidine rings is 1. The number of likely N-dealkylation sites (tertiary alicyclic amines) is 1. The monoisotopic (exact) mass is 343 g/mol. The Morgan fingerprint density at radius 3 is 2.44 bits per heavy atom. The van der Waals surface area contributed by atoms with Gasteiger partial charge in [0.05, 0.1) is 0 Å². The quantitative estimate of drug-likeness (QED) is 0.834. The average Bonchev–Trinajstić information content (AvgIpc) is 2.88. The van der Waals surface area contributed by atoms with E-state index >= 15 is 0 Å². The molecule has 1 aromatic carbocycles. The predicted octanol–water partition coefficient (Wildman–Crippen LogP) is 2.25. The third kappa shape index (κ3) is 3.25. The van der Waals surface area contributed by atoms with Crippen molar-refractivity contribution in [2.75, 3.05) is 19.6 Å². The van der Waals surface area contributed by atoms with Gasteiger partial charge in [0.2, 0.25) is 5.91 Å². The number of rotatable bonds is 5. The molecule has 2 aliphatic heterocycles. The zero-order valence-corrected chi connectivity index (χ0v) is 14.7. The Kier molecular flexibility index (Phi) is 5.06. The number of benzene rings is 1. The zero-order chi connectivity index (χ0) is 17.9. The number of carbonyl (C=O) groups excluding carboxylic acids is 3. The van der Waals surface area contributed by atoms with Gasteiger partial charge in [0.15, 0.2) is 0 Å². The van der Waals surface area contributed by atoms with E-state index in [1.165, 1.54) is 0 Å². The van der Waals surface area contributed by atoms with Crippen LogP contribution in [-0.2, 0) is 15.1 Å². The Morgan fingerprint density at radius 2 is 1.80 bits per heavy atom. The molecule has 2 fully saturated rings. The van der Waals surface area contributed by atoms with Crippen molar-refractivity contribution >= 4 is 17.8 Å². The molecule has 0 aromatic heterocycles. The van der Waals surface area contributed by atoms with Crippen molar-refractivity contribution < 1.29 is 14.4 Å². The van der Waals surface area contributed by atoms with Crippen LogP contribution in [0.3, 0.4) is 0 Å². The second kappa shape index (κ2) is 7.25. The molecule has 0 radical (unpaired) electrons. The van der Waals surface area contributed by atoms with Crippen LogP contribution in [0.15, 0.2) is 30.3 Å². The molecular formula is C19H25N3O3. The summed E-state index contributed by atoms with van der Waals surface area (Å²) in [5, 5.41) is 2.86. The topological polar surface area (TPSA) is 69.7 Å². The van der Waals surface area contributed by atoms with E-state index in [9.17, 15) is 14.4 Å². The molecular weight excluding hydrogens is 318 g/mol. The molecule has 1 N–H and O–H groups in total. The molecule has 0 unspecified atom stereocenters. The summed E-state index contributed by atoms with van der Waals surface area (Å²) >= 11 is 0. The van der Waals surface area contributed by atoms with Crippen LogP contribution in [0.2, 0.25) is 0 Å². The molecule has 0 aliphatic carbocycles. The lowest BCUT2D eigenvalue weighted by Crippen LogP contribution is -2.46. The summed E-state index contributed by atoms with van der Waals surface area (Å²) in [4.78, 5) is 41.0. The fourth-order valence-corrected chi connectivity index (χ4v) is 3.76. The predicted molar refractivity (Wildman–Crippen MR) is 93.7 cm³/mol. The summed E-state index contributed by atoms with van der Waals surface area (Å²) in [6.45, 7) is 3.22. The van der Waals surface area contributed by atoms with E-state index in [0.717, 1.165) is 36.1 Å². The van der Waals surface area contributed by atoms with E-state index < -0.39 is 11.6 Å². The van der Waals surface area contributed by atoms with Gasteiger partial charge in [0.25, 0.3) is 5.91 Å². The van der Waals surface area contributed by atoms with Crippen LogP contribution in [-0.4, -0.2) is 47.3 Å². The smallest absolute Gasteiger partial charge is 0.325 e. The van der Waals surface area contributed by atoms with Crippen molar-refractivity contribution in [2.24, 2.45) is 0 Å². The summed E-state index contributed by atoms with van der Waals surface area (Å²) < 4.78 is 0. The molecule has 0 spiro atoms. The number of hydrogen-bond donors (Lipinski definition) is 1. The summed E-state index contributed by atoms with van der Waals surface area (Å²) in [6.07, 6.45) is 4.34. The highest BCUT2D eigenvalue weighted by Gasteiger charge is 2.52. The number of amides is 4. The SMILES string of the molecule is CCC[C@@]1(c2ccccc2)NC(=O)N(CC(=O)N2CCCCC2)C1=O. The van der Waals surface area contributed by atoms with E-state index in [1.54, 1.807) is 4.90 Å². The number of nitrogens with zero attached hydrogens (tertiary/aromatic N) is 2. The summed E-state index contributed by atoms with van der Waals surface area (Å²) in [7, 11) is 0. The summed E-state index contributed by atoms with van der Waals surface area (Å²) in [6, 6.07) is 8.81. The minimum atomic E-state index is -1.06. The Hall–Kier alpha value is -2.37. The third-order valence-electron chi connectivity index (χ3n) is 5.07. The van der Waals surface area contributed by atoms with Gasteiger partial charge >= 0.3 is 6.03 Å². The normalized spacial score (nSPS) is 23.7. The van der Waals surface area contributed by atoms with Crippen molar-refractivity contribution in [3.63, 3.8) is 0 Å². The molecule has 0 saturated carbocycles. The van der Waals surface area contributed by atoms with Crippen molar-refractivity contribution in [1.82, 2.24) is 15.1 Å². The first-order valence-electron chi connectivity index (χ1n) is 9.06. The van der Waals surface area contributed by atoms with Gasteiger partial charge in [-0.2, -0.15) is 0 Å². The van der Waals surface area contributed by atoms with Gasteiger partial charge in [-0.25, -0.2) is 4.79 Å². The van der Waals surface area contributed by atoms with Gasteiger partial charge < -0.3 is 10.2 Å². The number of nitrogens with one attached hydrogen (secondary N) is 1. The first kappa shape index (κ1) is 17.5. The number of hydrogen-bond acceptors (Lipinski definition) is 3. The standard InChI is InChI=1S/C19H25N3O3/c1-2-11-19(15-9-5-3-6-10-15)17(24)22(18(25)20-19)14-16(23)21-12-7-4-8-13-21/h3,5-6,9-10H,2,4,7-8,11-14H2,1H3,(H,20,25)/t19-/m0/s1. The second-order valence-corrected chi connectivity index (χ2v) is 6.78. The van der Waals surface area contributed by atoms with Crippen LogP contribution < -0.4 is 5.32 Å². The Bertz CT molecular complexity index is 655. The summed E-state index contributed by atoms with van der Waals surface area (Å²) in [5.74, 6) is -0.473. The number of carbonyl (C=O) groups is 3. The average molecular weight is 343 g/mol. The molecule has 3 rings (SSSR count). The minimum Gasteiger partial charge on any atom is -0.341 e. The van der Waals surface area contributed by atoms with Crippen LogP contribution in [0.4, 0.5) is 4.79 Å². The number of urea groups is 1. The fourth-order valence-electron chi connectivity index (χ4n) is 3.76. The highest BCUT2D eigenvalue weighted by molar-refractivity contribution is 6.09. The fraction of sp³-hybridized carbons (Fsp3) is 0.526. The molecule has 4 amide bonds. The van der Waals surface area contributed by atoms with Crippen LogP contribution in [0.1, 0.15) is 44.6 Å². The van der Waals surface area contributed by atoms with Gasteiger partial charge in [-0.3, -0.25) is 14.5 Å². The lowest BCUT2D eigenvalue weighted by Gasteiger charge is -2.29. The largest absolute Gasteiger partial charge is 0.341 e. The van der Waals surface area contributed by atoms with Crippen molar-refractivity contribution in [3.05, 3.63) is 35.9 Å².